The number of hydrogen-bond donors (Lipinski definition) is 1. The first-order chi connectivity index (χ1) is 10.2. The summed E-state index contributed by atoms with van der Waals surface area (Å²) in [6, 6.07) is 0. The van der Waals surface area contributed by atoms with E-state index < -0.39 is 23.1 Å². The molecule has 0 bridgehead atoms. The fraction of sp³-hybridized carbons (Fsp3) is 0.647. The van der Waals surface area contributed by atoms with E-state index in [1.807, 2.05) is 6.92 Å². The monoisotopic (exact) mass is 306 g/mol. The van der Waals surface area contributed by atoms with Crippen molar-refractivity contribution >= 4 is 11.9 Å². The standard InChI is InChI=1S/C17H22O5/c1-9-7-12(21-11(3)18)8-16(4)6-5-13-10(2)15(19)22-14(13)17(9,16)20/h12-14,20H,1-2,5-8H2,3-4H3/t12-,13-,14+,16-,17-/m0/s1. The third-order valence-corrected chi connectivity index (χ3v) is 5.67. The number of rotatable bonds is 1. The van der Waals surface area contributed by atoms with Crippen molar-refractivity contribution in [3.05, 3.63) is 24.3 Å². The fourth-order valence-corrected chi connectivity index (χ4v) is 4.53. The fourth-order valence-electron chi connectivity index (χ4n) is 4.53. The molecular formula is C17H22O5. The van der Waals surface area contributed by atoms with E-state index in [0.29, 0.717) is 30.4 Å². The van der Waals surface area contributed by atoms with Gasteiger partial charge in [-0.2, -0.15) is 0 Å². The summed E-state index contributed by atoms with van der Waals surface area (Å²) < 4.78 is 10.8. The number of ether oxygens (including phenoxy) is 2. The first-order valence-electron chi connectivity index (χ1n) is 7.66. The highest BCUT2D eigenvalue weighted by Crippen LogP contribution is 2.59. The summed E-state index contributed by atoms with van der Waals surface area (Å²) in [5, 5.41) is 11.4. The minimum atomic E-state index is -1.29. The Kier molecular flexibility index (Phi) is 3.25. The molecule has 0 radical (unpaired) electrons. The number of esters is 2. The van der Waals surface area contributed by atoms with Gasteiger partial charge in [0.2, 0.25) is 0 Å². The van der Waals surface area contributed by atoms with Crippen molar-refractivity contribution in [2.75, 3.05) is 0 Å². The molecule has 0 aromatic carbocycles. The summed E-state index contributed by atoms with van der Waals surface area (Å²) >= 11 is 0. The molecule has 5 heteroatoms. The molecule has 22 heavy (non-hydrogen) atoms. The van der Waals surface area contributed by atoms with Crippen molar-refractivity contribution in [1.29, 1.82) is 0 Å². The summed E-state index contributed by atoms with van der Waals surface area (Å²) in [7, 11) is 0. The van der Waals surface area contributed by atoms with Gasteiger partial charge in [-0.25, -0.2) is 4.79 Å². The number of fused-ring (bicyclic) bond motifs is 3. The molecule has 1 N–H and O–H groups in total. The van der Waals surface area contributed by atoms with Gasteiger partial charge in [0.05, 0.1) is 0 Å². The Morgan fingerprint density at radius 2 is 2.14 bits per heavy atom. The quantitative estimate of drug-likeness (QED) is 0.455. The predicted molar refractivity (Wildman–Crippen MR) is 78.7 cm³/mol. The molecule has 0 unspecified atom stereocenters. The van der Waals surface area contributed by atoms with Gasteiger partial charge in [0.1, 0.15) is 17.8 Å². The smallest absolute Gasteiger partial charge is 0.334 e. The molecule has 3 rings (SSSR count). The Morgan fingerprint density at radius 1 is 1.45 bits per heavy atom. The highest BCUT2D eigenvalue weighted by Gasteiger charge is 2.65. The highest BCUT2D eigenvalue weighted by atomic mass is 16.6. The summed E-state index contributed by atoms with van der Waals surface area (Å²) in [4.78, 5) is 23.1. The summed E-state index contributed by atoms with van der Waals surface area (Å²) in [5.74, 6) is -0.920. The molecule has 1 heterocycles. The topological polar surface area (TPSA) is 72.8 Å². The lowest BCUT2D eigenvalue weighted by Crippen LogP contribution is -2.64. The number of carbonyl (C=O) groups excluding carboxylic acids is 2. The lowest BCUT2D eigenvalue weighted by molar-refractivity contribution is -0.200. The number of carbonyl (C=O) groups is 2. The molecule has 0 aromatic rings. The van der Waals surface area contributed by atoms with Crippen molar-refractivity contribution in [3.63, 3.8) is 0 Å². The van der Waals surface area contributed by atoms with Crippen molar-refractivity contribution in [1.82, 2.24) is 0 Å². The molecule has 0 amide bonds. The first-order valence-corrected chi connectivity index (χ1v) is 7.66. The van der Waals surface area contributed by atoms with Gasteiger partial charge in [0, 0.05) is 30.3 Å². The maximum Gasteiger partial charge on any atom is 0.334 e. The molecule has 0 aromatic heterocycles. The number of hydrogen-bond acceptors (Lipinski definition) is 5. The van der Waals surface area contributed by atoms with Crippen LogP contribution in [0.5, 0.6) is 0 Å². The Labute approximate surface area is 130 Å². The van der Waals surface area contributed by atoms with Gasteiger partial charge in [-0.05, 0) is 24.8 Å². The molecule has 5 nitrogen and oxygen atoms in total. The normalized spacial score (nSPS) is 44.1. The summed E-state index contributed by atoms with van der Waals surface area (Å²) in [5.41, 5.74) is -0.809. The van der Waals surface area contributed by atoms with Crippen LogP contribution >= 0.6 is 0 Å². The third-order valence-electron chi connectivity index (χ3n) is 5.67. The molecule has 0 spiro atoms. The van der Waals surface area contributed by atoms with Gasteiger partial charge in [-0.3, -0.25) is 4.79 Å². The predicted octanol–water partition coefficient (Wildman–Crippen LogP) is 1.90. The van der Waals surface area contributed by atoms with Crippen molar-refractivity contribution in [2.24, 2.45) is 11.3 Å². The van der Waals surface area contributed by atoms with E-state index in [1.54, 1.807) is 0 Å². The van der Waals surface area contributed by atoms with Crippen LogP contribution < -0.4 is 0 Å². The molecule has 1 aliphatic heterocycles. The minimum Gasteiger partial charge on any atom is -0.462 e. The minimum absolute atomic E-state index is 0.160. The average molecular weight is 306 g/mol. The average Bonchev–Trinajstić information content (AvgIpc) is 2.69. The Morgan fingerprint density at radius 3 is 2.77 bits per heavy atom. The molecular weight excluding hydrogens is 284 g/mol. The maximum absolute atomic E-state index is 11.8. The Balaban J connectivity index is 1.95. The molecule has 120 valence electrons. The van der Waals surface area contributed by atoms with Gasteiger partial charge in [0.15, 0.2) is 0 Å². The maximum atomic E-state index is 11.8. The van der Waals surface area contributed by atoms with Gasteiger partial charge >= 0.3 is 11.9 Å². The molecule has 2 saturated carbocycles. The summed E-state index contributed by atoms with van der Waals surface area (Å²) in [6.07, 6.45) is 1.45. The third kappa shape index (κ3) is 1.88. The molecule has 3 fully saturated rings. The van der Waals surface area contributed by atoms with Crippen molar-refractivity contribution < 1.29 is 24.2 Å². The highest BCUT2D eigenvalue weighted by molar-refractivity contribution is 5.91. The number of aliphatic hydroxyl groups is 1. The van der Waals surface area contributed by atoms with E-state index in [0.717, 1.165) is 6.42 Å². The molecule has 2 aliphatic carbocycles. The lowest BCUT2D eigenvalue weighted by atomic mass is 9.52. The molecule has 5 atom stereocenters. The van der Waals surface area contributed by atoms with Gasteiger partial charge in [0.25, 0.3) is 0 Å². The Hall–Kier alpha value is -1.62. The van der Waals surface area contributed by atoms with E-state index in [4.69, 9.17) is 9.47 Å². The van der Waals surface area contributed by atoms with Crippen LogP contribution in [0.15, 0.2) is 24.3 Å². The second kappa shape index (κ2) is 4.69. The zero-order valence-electron chi connectivity index (χ0n) is 13.1. The van der Waals surface area contributed by atoms with Crippen molar-refractivity contribution in [3.8, 4) is 0 Å². The zero-order chi connectivity index (χ0) is 16.3. The lowest BCUT2D eigenvalue weighted by Gasteiger charge is -2.57. The van der Waals surface area contributed by atoms with Crippen molar-refractivity contribution in [2.45, 2.75) is 57.3 Å². The van der Waals surface area contributed by atoms with Crippen LogP contribution in [0.2, 0.25) is 0 Å². The van der Waals surface area contributed by atoms with Gasteiger partial charge < -0.3 is 14.6 Å². The second-order valence-electron chi connectivity index (χ2n) is 7.07. The van der Waals surface area contributed by atoms with Crippen LogP contribution in [0.4, 0.5) is 0 Å². The van der Waals surface area contributed by atoms with Crippen LogP contribution in [-0.2, 0) is 19.1 Å². The summed E-state index contributed by atoms with van der Waals surface area (Å²) in [6.45, 7) is 11.2. The first kappa shape index (κ1) is 15.3. The van der Waals surface area contributed by atoms with Crippen LogP contribution in [-0.4, -0.2) is 34.9 Å². The molecule has 1 saturated heterocycles. The second-order valence-corrected chi connectivity index (χ2v) is 7.07. The zero-order valence-corrected chi connectivity index (χ0v) is 13.1. The van der Waals surface area contributed by atoms with E-state index in [9.17, 15) is 14.7 Å². The van der Waals surface area contributed by atoms with E-state index in [-0.39, 0.29) is 18.0 Å². The van der Waals surface area contributed by atoms with E-state index in [2.05, 4.69) is 13.2 Å². The Bertz CT molecular complexity index is 580. The van der Waals surface area contributed by atoms with Gasteiger partial charge in [-0.1, -0.05) is 20.1 Å². The van der Waals surface area contributed by atoms with Crippen LogP contribution in [0.1, 0.15) is 39.5 Å². The van der Waals surface area contributed by atoms with Crippen LogP contribution in [0, 0.1) is 11.3 Å². The largest absolute Gasteiger partial charge is 0.462 e. The van der Waals surface area contributed by atoms with E-state index >= 15 is 0 Å². The molecule has 3 aliphatic rings. The SMILES string of the molecule is C=C1C(=O)O[C@@H]2[C@H]1CC[C@@]1(C)C[C@@H](OC(C)=O)CC(=C)[C@]21O. The van der Waals surface area contributed by atoms with E-state index in [1.165, 1.54) is 6.92 Å². The van der Waals surface area contributed by atoms with Gasteiger partial charge in [-0.15, -0.1) is 0 Å². The van der Waals surface area contributed by atoms with Crippen LogP contribution in [0.25, 0.3) is 0 Å². The van der Waals surface area contributed by atoms with Crippen LogP contribution in [0.3, 0.4) is 0 Å².